The summed E-state index contributed by atoms with van der Waals surface area (Å²) in [6.07, 6.45) is 5.04. The summed E-state index contributed by atoms with van der Waals surface area (Å²) >= 11 is 0. The van der Waals surface area contributed by atoms with Crippen molar-refractivity contribution in [2.24, 2.45) is 5.73 Å². The van der Waals surface area contributed by atoms with Gasteiger partial charge >= 0.3 is 0 Å². The number of aryl methyl sites for hydroxylation is 2. The summed E-state index contributed by atoms with van der Waals surface area (Å²) in [6, 6.07) is 4.36. The van der Waals surface area contributed by atoms with Crippen LogP contribution in [-0.2, 0) is 12.8 Å². The van der Waals surface area contributed by atoms with Crippen molar-refractivity contribution in [3.05, 3.63) is 22.9 Å². The van der Waals surface area contributed by atoms with Gasteiger partial charge in [0, 0.05) is 11.7 Å². The average Bonchev–Trinajstić information content (AvgIpc) is 2.72. The lowest BCUT2D eigenvalue weighted by Crippen LogP contribution is -2.43. The highest BCUT2D eigenvalue weighted by Crippen LogP contribution is 2.29. The van der Waals surface area contributed by atoms with Gasteiger partial charge in [0.25, 0.3) is 0 Å². The second kappa shape index (κ2) is 4.01. The molecular weight excluding hydrogens is 214 g/mol. The quantitative estimate of drug-likeness (QED) is 0.830. The maximum absolute atomic E-state index is 9.11. The van der Waals surface area contributed by atoms with Crippen molar-refractivity contribution in [3.8, 4) is 11.9 Å². The third-order valence-corrected chi connectivity index (χ3v) is 3.55. The second-order valence-electron chi connectivity index (χ2n) is 4.88. The summed E-state index contributed by atoms with van der Waals surface area (Å²) in [4.78, 5) is 4.49. The van der Waals surface area contributed by atoms with Crippen LogP contribution in [0.25, 0.3) is 0 Å². The van der Waals surface area contributed by atoms with Gasteiger partial charge in [0.1, 0.15) is 17.7 Å². The number of hydrogen-bond acceptors (Lipinski definition) is 4. The number of aromatic nitrogens is 1. The Kier molecular flexibility index (Phi) is 2.49. The molecule has 2 aliphatic rings. The molecule has 1 fully saturated rings. The van der Waals surface area contributed by atoms with E-state index < -0.39 is 0 Å². The van der Waals surface area contributed by atoms with Gasteiger partial charge in [-0.05, 0) is 43.7 Å². The van der Waals surface area contributed by atoms with Crippen LogP contribution in [0, 0.1) is 11.3 Å². The maximum atomic E-state index is 9.11. The van der Waals surface area contributed by atoms with Crippen LogP contribution in [0.15, 0.2) is 6.07 Å². The van der Waals surface area contributed by atoms with Gasteiger partial charge in [-0.1, -0.05) is 0 Å². The normalized spacial score (nSPS) is 25.9. The second-order valence-corrected chi connectivity index (χ2v) is 4.88. The van der Waals surface area contributed by atoms with Crippen molar-refractivity contribution in [2.45, 2.75) is 44.2 Å². The van der Waals surface area contributed by atoms with Crippen molar-refractivity contribution < 1.29 is 4.74 Å². The molecule has 0 spiro atoms. The van der Waals surface area contributed by atoms with Crippen molar-refractivity contribution in [2.75, 3.05) is 0 Å². The van der Waals surface area contributed by atoms with E-state index in [1.54, 1.807) is 0 Å². The Morgan fingerprint density at radius 2 is 2.24 bits per heavy atom. The predicted octanol–water partition coefficient (Wildman–Crippen LogP) is 1.31. The first-order valence-electron chi connectivity index (χ1n) is 6.11. The van der Waals surface area contributed by atoms with Gasteiger partial charge < -0.3 is 10.5 Å². The van der Waals surface area contributed by atoms with E-state index in [4.69, 9.17) is 15.7 Å². The molecule has 4 nitrogen and oxygen atoms in total. The number of nitrogens with two attached hydrogens (primary N) is 1. The Bertz CT molecular complexity index is 486. The monoisotopic (exact) mass is 229 g/mol. The summed E-state index contributed by atoms with van der Waals surface area (Å²) in [6.45, 7) is 0. The standard InChI is InChI=1S/C13H15N3O/c14-7-9-4-8-2-1-3-12(8)16-13(9)17-11-5-10(15)6-11/h4,10-11H,1-3,5-6,15H2. The Labute approximate surface area is 100 Å². The first-order valence-corrected chi connectivity index (χ1v) is 6.11. The third-order valence-electron chi connectivity index (χ3n) is 3.55. The molecule has 2 aliphatic carbocycles. The minimum absolute atomic E-state index is 0.143. The number of nitriles is 1. The predicted molar refractivity (Wildman–Crippen MR) is 62.6 cm³/mol. The van der Waals surface area contributed by atoms with E-state index >= 15 is 0 Å². The van der Waals surface area contributed by atoms with Gasteiger partial charge in [0.15, 0.2) is 0 Å². The smallest absolute Gasteiger partial charge is 0.232 e. The SMILES string of the molecule is N#Cc1cc2c(nc1OC1CC(N)C1)CCC2. The topological polar surface area (TPSA) is 71.9 Å². The van der Waals surface area contributed by atoms with E-state index in [0.717, 1.165) is 37.8 Å². The third kappa shape index (κ3) is 1.87. The molecule has 1 saturated carbocycles. The fourth-order valence-electron chi connectivity index (χ4n) is 2.48. The van der Waals surface area contributed by atoms with Crippen LogP contribution in [0.2, 0.25) is 0 Å². The van der Waals surface area contributed by atoms with E-state index in [-0.39, 0.29) is 12.1 Å². The van der Waals surface area contributed by atoms with Crippen molar-refractivity contribution in [1.29, 1.82) is 5.26 Å². The number of fused-ring (bicyclic) bond motifs is 1. The maximum Gasteiger partial charge on any atom is 0.232 e. The lowest BCUT2D eigenvalue weighted by molar-refractivity contribution is 0.0953. The molecule has 3 rings (SSSR count). The molecule has 1 aromatic heterocycles. The number of ether oxygens (including phenoxy) is 1. The van der Waals surface area contributed by atoms with Gasteiger partial charge in [-0.2, -0.15) is 5.26 Å². The molecule has 0 radical (unpaired) electrons. The molecule has 88 valence electrons. The zero-order chi connectivity index (χ0) is 11.8. The molecule has 0 saturated heterocycles. The number of hydrogen-bond donors (Lipinski definition) is 1. The van der Waals surface area contributed by atoms with Gasteiger partial charge in [0.05, 0.1) is 0 Å². The molecule has 1 heterocycles. The number of rotatable bonds is 2. The minimum atomic E-state index is 0.143. The summed E-state index contributed by atoms with van der Waals surface area (Å²) in [5.74, 6) is 0.505. The van der Waals surface area contributed by atoms with Crippen molar-refractivity contribution >= 4 is 0 Å². The number of nitrogens with zero attached hydrogens (tertiary/aromatic N) is 2. The van der Waals surface area contributed by atoms with E-state index in [9.17, 15) is 0 Å². The lowest BCUT2D eigenvalue weighted by Gasteiger charge is -2.32. The van der Waals surface area contributed by atoms with Crippen LogP contribution in [0.4, 0.5) is 0 Å². The molecule has 0 aliphatic heterocycles. The van der Waals surface area contributed by atoms with Crippen LogP contribution in [0.1, 0.15) is 36.1 Å². The van der Waals surface area contributed by atoms with Crippen LogP contribution in [0.3, 0.4) is 0 Å². The zero-order valence-corrected chi connectivity index (χ0v) is 9.65. The van der Waals surface area contributed by atoms with Crippen molar-refractivity contribution in [1.82, 2.24) is 4.98 Å². The summed E-state index contributed by atoms with van der Waals surface area (Å²) in [5.41, 5.74) is 8.59. The molecule has 0 aromatic carbocycles. The van der Waals surface area contributed by atoms with E-state index in [1.165, 1.54) is 5.56 Å². The first kappa shape index (κ1) is 10.5. The summed E-state index contributed by atoms with van der Waals surface area (Å²) < 4.78 is 5.75. The van der Waals surface area contributed by atoms with Crippen LogP contribution in [-0.4, -0.2) is 17.1 Å². The Morgan fingerprint density at radius 1 is 1.41 bits per heavy atom. The van der Waals surface area contributed by atoms with E-state index in [2.05, 4.69) is 11.1 Å². The fraction of sp³-hybridized carbons (Fsp3) is 0.538. The minimum Gasteiger partial charge on any atom is -0.473 e. The Balaban J connectivity index is 1.85. The highest BCUT2D eigenvalue weighted by molar-refractivity contribution is 5.44. The average molecular weight is 229 g/mol. The van der Waals surface area contributed by atoms with Crippen molar-refractivity contribution in [3.63, 3.8) is 0 Å². The fourth-order valence-corrected chi connectivity index (χ4v) is 2.48. The van der Waals surface area contributed by atoms with Gasteiger partial charge in [-0.15, -0.1) is 0 Å². The molecule has 0 amide bonds. The molecule has 17 heavy (non-hydrogen) atoms. The van der Waals surface area contributed by atoms with Gasteiger partial charge in [-0.25, -0.2) is 4.98 Å². The van der Waals surface area contributed by atoms with Crippen LogP contribution >= 0.6 is 0 Å². The lowest BCUT2D eigenvalue weighted by atomic mass is 9.90. The largest absolute Gasteiger partial charge is 0.473 e. The van der Waals surface area contributed by atoms with E-state index in [0.29, 0.717) is 11.4 Å². The highest BCUT2D eigenvalue weighted by Gasteiger charge is 2.29. The molecule has 2 N–H and O–H groups in total. The Hall–Kier alpha value is -1.60. The molecule has 0 unspecified atom stereocenters. The molecular formula is C13H15N3O. The van der Waals surface area contributed by atoms with E-state index in [1.807, 2.05) is 6.07 Å². The molecule has 0 bridgehead atoms. The summed E-state index contributed by atoms with van der Waals surface area (Å²) in [7, 11) is 0. The number of pyridine rings is 1. The highest BCUT2D eigenvalue weighted by atomic mass is 16.5. The molecule has 0 atom stereocenters. The molecule has 4 heteroatoms. The van der Waals surface area contributed by atoms with Crippen LogP contribution in [0.5, 0.6) is 5.88 Å². The van der Waals surface area contributed by atoms with Gasteiger partial charge in [0.2, 0.25) is 5.88 Å². The first-order chi connectivity index (χ1) is 8.26. The zero-order valence-electron chi connectivity index (χ0n) is 9.65. The molecule has 1 aromatic rings. The Morgan fingerprint density at radius 3 is 2.94 bits per heavy atom. The summed E-state index contributed by atoms with van der Waals surface area (Å²) in [5, 5.41) is 9.11. The van der Waals surface area contributed by atoms with Gasteiger partial charge in [-0.3, -0.25) is 0 Å². The van der Waals surface area contributed by atoms with Crippen LogP contribution < -0.4 is 10.5 Å².